The molecule has 86 valence electrons. The summed E-state index contributed by atoms with van der Waals surface area (Å²) >= 11 is 7.67. The molecule has 0 bridgehead atoms. The molecule has 2 aromatic heterocycles. The van der Waals surface area contributed by atoms with Gasteiger partial charge < -0.3 is 0 Å². The first-order valence-corrected chi connectivity index (χ1v) is 6.89. The number of thiophene rings is 1. The predicted molar refractivity (Wildman–Crippen MR) is 79.6 cm³/mol. The zero-order chi connectivity index (χ0) is 12.1. The SMILES string of the molecule is Clc1ccc2c(n1)sc1c3ccccc3ccc21. The summed E-state index contributed by atoms with van der Waals surface area (Å²) in [5, 5.41) is 5.55. The molecule has 0 atom stereocenters. The van der Waals surface area contributed by atoms with E-state index in [9.17, 15) is 0 Å². The third-order valence-electron chi connectivity index (χ3n) is 3.19. The maximum absolute atomic E-state index is 5.96. The Morgan fingerprint density at radius 3 is 2.61 bits per heavy atom. The topological polar surface area (TPSA) is 12.9 Å². The maximum atomic E-state index is 5.96. The molecule has 4 rings (SSSR count). The largest absolute Gasteiger partial charge is 0.225 e. The summed E-state index contributed by atoms with van der Waals surface area (Å²) < 4.78 is 1.29. The van der Waals surface area contributed by atoms with Gasteiger partial charge in [-0.25, -0.2) is 4.98 Å². The molecule has 0 saturated heterocycles. The number of hydrogen-bond donors (Lipinski definition) is 0. The lowest BCUT2D eigenvalue weighted by Crippen LogP contribution is -1.73. The monoisotopic (exact) mass is 269 g/mol. The fourth-order valence-corrected chi connectivity index (χ4v) is 3.77. The lowest BCUT2D eigenvalue weighted by molar-refractivity contribution is 1.45. The molecule has 18 heavy (non-hydrogen) atoms. The first-order valence-electron chi connectivity index (χ1n) is 5.69. The van der Waals surface area contributed by atoms with Gasteiger partial charge in [0.15, 0.2) is 0 Å². The van der Waals surface area contributed by atoms with Crippen LogP contribution in [-0.2, 0) is 0 Å². The zero-order valence-corrected chi connectivity index (χ0v) is 10.9. The molecule has 0 aliphatic rings. The molecule has 0 amide bonds. The van der Waals surface area contributed by atoms with Crippen molar-refractivity contribution in [2.75, 3.05) is 0 Å². The number of benzene rings is 2. The highest BCUT2D eigenvalue weighted by molar-refractivity contribution is 7.26. The van der Waals surface area contributed by atoms with Crippen molar-refractivity contribution in [1.82, 2.24) is 4.98 Å². The highest BCUT2D eigenvalue weighted by Crippen LogP contribution is 2.37. The highest BCUT2D eigenvalue weighted by Gasteiger charge is 2.09. The van der Waals surface area contributed by atoms with Crippen LogP contribution in [0.4, 0.5) is 0 Å². The van der Waals surface area contributed by atoms with E-state index in [1.807, 2.05) is 6.07 Å². The van der Waals surface area contributed by atoms with Gasteiger partial charge in [0.25, 0.3) is 0 Å². The maximum Gasteiger partial charge on any atom is 0.130 e. The number of aromatic nitrogens is 1. The highest BCUT2D eigenvalue weighted by atomic mass is 35.5. The summed E-state index contributed by atoms with van der Waals surface area (Å²) in [5.41, 5.74) is 0. The normalized spacial score (nSPS) is 11.6. The molecule has 2 heterocycles. The van der Waals surface area contributed by atoms with Crippen molar-refractivity contribution in [2.45, 2.75) is 0 Å². The number of fused-ring (bicyclic) bond motifs is 5. The van der Waals surface area contributed by atoms with Crippen LogP contribution in [0.25, 0.3) is 31.1 Å². The van der Waals surface area contributed by atoms with E-state index in [-0.39, 0.29) is 0 Å². The Morgan fingerprint density at radius 1 is 0.833 bits per heavy atom. The van der Waals surface area contributed by atoms with Crippen LogP contribution in [-0.4, -0.2) is 4.98 Å². The second kappa shape index (κ2) is 3.67. The molecular formula is C15H8ClNS. The van der Waals surface area contributed by atoms with E-state index >= 15 is 0 Å². The minimum absolute atomic E-state index is 0.554. The van der Waals surface area contributed by atoms with E-state index in [0.717, 1.165) is 4.83 Å². The number of rotatable bonds is 0. The van der Waals surface area contributed by atoms with Gasteiger partial charge in [-0.1, -0.05) is 48.0 Å². The van der Waals surface area contributed by atoms with Crippen LogP contribution in [0, 0.1) is 0 Å². The Morgan fingerprint density at radius 2 is 1.67 bits per heavy atom. The molecule has 0 unspecified atom stereocenters. The van der Waals surface area contributed by atoms with Crippen LogP contribution >= 0.6 is 22.9 Å². The molecule has 4 aromatic rings. The average molecular weight is 270 g/mol. The van der Waals surface area contributed by atoms with Gasteiger partial charge in [-0.15, -0.1) is 11.3 Å². The summed E-state index contributed by atoms with van der Waals surface area (Å²) in [4.78, 5) is 5.41. The molecule has 3 heteroatoms. The van der Waals surface area contributed by atoms with Crippen molar-refractivity contribution >= 4 is 54.0 Å². The van der Waals surface area contributed by atoms with Gasteiger partial charge in [-0.2, -0.15) is 0 Å². The standard InChI is InChI=1S/C15H8ClNS/c16-13-8-7-12-11-6-5-9-3-1-2-4-10(9)14(11)18-15(12)17-13/h1-8H. The second-order valence-electron chi connectivity index (χ2n) is 4.25. The molecule has 0 saturated carbocycles. The summed E-state index contributed by atoms with van der Waals surface area (Å²) in [7, 11) is 0. The van der Waals surface area contributed by atoms with Crippen molar-refractivity contribution in [3.8, 4) is 0 Å². The molecular weight excluding hydrogens is 262 g/mol. The van der Waals surface area contributed by atoms with Gasteiger partial charge in [-0.3, -0.25) is 0 Å². The lowest BCUT2D eigenvalue weighted by atomic mass is 10.1. The Labute approximate surface area is 113 Å². The average Bonchev–Trinajstić information content (AvgIpc) is 2.76. The second-order valence-corrected chi connectivity index (χ2v) is 5.64. The molecule has 2 aromatic carbocycles. The Kier molecular flexibility index (Phi) is 2.10. The molecule has 1 nitrogen and oxygen atoms in total. The minimum Gasteiger partial charge on any atom is -0.225 e. The van der Waals surface area contributed by atoms with E-state index < -0.39 is 0 Å². The van der Waals surface area contributed by atoms with Crippen molar-refractivity contribution in [2.24, 2.45) is 0 Å². The van der Waals surface area contributed by atoms with Gasteiger partial charge in [0.05, 0.1) is 0 Å². The van der Waals surface area contributed by atoms with Crippen molar-refractivity contribution < 1.29 is 0 Å². The fraction of sp³-hybridized carbons (Fsp3) is 0. The molecule has 0 radical (unpaired) electrons. The van der Waals surface area contributed by atoms with E-state index in [0.29, 0.717) is 5.15 Å². The van der Waals surface area contributed by atoms with E-state index in [1.165, 1.54) is 26.2 Å². The number of nitrogens with zero attached hydrogens (tertiary/aromatic N) is 1. The smallest absolute Gasteiger partial charge is 0.130 e. The van der Waals surface area contributed by atoms with Crippen molar-refractivity contribution in [3.05, 3.63) is 53.7 Å². The van der Waals surface area contributed by atoms with E-state index in [2.05, 4.69) is 47.4 Å². The van der Waals surface area contributed by atoms with Crippen LogP contribution in [0.3, 0.4) is 0 Å². The van der Waals surface area contributed by atoms with E-state index in [4.69, 9.17) is 11.6 Å². The molecule has 0 aliphatic carbocycles. The number of hydrogen-bond acceptors (Lipinski definition) is 2. The Bertz CT molecular complexity index is 895. The lowest BCUT2D eigenvalue weighted by Gasteiger charge is -1.98. The third-order valence-corrected chi connectivity index (χ3v) is 4.55. The van der Waals surface area contributed by atoms with Gasteiger partial charge in [0.2, 0.25) is 0 Å². The molecule has 0 spiro atoms. The van der Waals surface area contributed by atoms with Crippen LogP contribution < -0.4 is 0 Å². The first kappa shape index (κ1) is 10.3. The fourth-order valence-electron chi connectivity index (χ4n) is 2.36. The zero-order valence-electron chi connectivity index (χ0n) is 9.35. The van der Waals surface area contributed by atoms with Crippen molar-refractivity contribution in [3.63, 3.8) is 0 Å². The van der Waals surface area contributed by atoms with Gasteiger partial charge >= 0.3 is 0 Å². The van der Waals surface area contributed by atoms with Crippen LogP contribution in [0.15, 0.2) is 48.5 Å². The molecule has 0 fully saturated rings. The Balaban J connectivity index is 2.29. The summed E-state index contributed by atoms with van der Waals surface area (Å²) in [6, 6.07) is 16.7. The quantitative estimate of drug-likeness (QED) is 0.397. The molecule has 0 aliphatic heterocycles. The Hall–Kier alpha value is -1.64. The first-order chi connectivity index (χ1) is 8.83. The van der Waals surface area contributed by atoms with Gasteiger partial charge in [-0.05, 0) is 22.9 Å². The van der Waals surface area contributed by atoms with Gasteiger partial charge in [0.1, 0.15) is 9.98 Å². The van der Waals surface area contributed by atoms with Crippen molar-refractivity contribution in [1.29, 1.82) is 0 Å². The van der Waals surface area contributed by atoms with E-state index in [1.54, 1.807) is 11.3 Å². The third kappa shape index (κ3) is 1.36. The number of pyridine rings is 1. The summed E-state index contributed by atoms with van der Waals surface area (Å²) in [6.45, 7) is 0. The van der Waals surface area contributed by atoms with Crippen LogP contribution in [0.1, 0.15) is 0 Å². The van der Waals surface area contributed by atoms with Crippen LogP contribution in [0.5, 0.6) is 0 Å². The summed E-state index contributed by atoms with van der Waals surface area (Å²) in [6.07, 6.45) is 0. The number of halogens is 1. The minimum atomic E-state index is 0.554. The van der Waals surface area contributed by atoms with Gasteiger partial charge in [0, 0.05) is 15.5 Å². The molecule has 0 N–H and O–H groups in total. The predicted octanol–water partition coefficient (Wildman–Crippen LogP) is 5.26. The van der Waals surface area contributed by atoms with Crippen LogP contribution in [0.2, 0.25) is 5.15 Å². The summed E-state index contributed by atoms with van der Waals surface area (Å²) in [5.74, 6) is 0.